The van der Waals surface area contributed by atoms with E-state index in [0.29, 0.717) is 67.3 Å². The Labute approximate surface area is 192 Å². The third kappa shape index (κ3) is 2.82. The minimum Gasteiger partial charge on any atom is -0.466 e. The molecular weight excluding hydrogens is 404 g/mol. The highest BCUT2D eigenvalue weighted by Crippen LogP contribution is 2.80. The molecule has 0 aromatic heterocycles. The summed E-state index contributed by atoms with van der Waals surface area (Å²) in [5.74, 6) is 4.77. The number of Topliss-reactive ketones (excluding diaryl/α,β-unsaturated/α-hetero) is 1. The maximum Gasteiger partial charge on any atom is 0.305 e. The van der Waals surface area contributed by atoms with Gasteiger partial charge in [0.25, 0.3) is 0 Å². The van der Waals surface area contributed by atoms with Crippen LogP contribution in [0.3, 0.4) is 0 Å². The molecule has 0 amide bonds. The van der Waals surface area contributed by atoms with Crippen LogP contribution in [0.5, 0.6) is 0 Å². The van der Waals surface area contributed by atoms with Gasteiger partial charge < -0.3 is 14.9 Å². The Balaban J connectivity index is 0.000000272. The molecule has 0 heterocycles. The molecule has 0 radical (unpaired) electrons. The minimum atomic E-state index is -0.762. The van der Waals surface area contributed by atoms with Crippen molar-refractivity contribution in [3.63, 3.8) is 0 Å². The highest BCUT2D eigenvalue weighted by atomic mass is 16.5. The highest BCUT2D eigenvalue weighted by molar-refractivity contribution is 5.81. The molecule has 0 aliphatic heterocycles. The maximum absolute atomic E-state index is 12.2. The third-order valence-electron chi connectivity index (χ3n) is 11.3. The molecule has 6 aliphatic rings. The van der Waals surface area contributed by atoms with Gasteiger partial charge in [-0.1, -0.05) is 27.7 Å². The fourth-order valence-electron chi connectivity index (χ4n) is 9.70. The van der Waals surface area contributed by atoms with E-state index >= 15 is 0 Å². The first kappa shape index (κ1) is 22.8. The maximum atomic E-state index is 12.2. The predicted octanol–water partition coefficient (Wildman–Crippen LogP) is 3.99. The van der Waals surface area contributed by atoms with E-state index in [1.807, 2.05) is 0 Å². The van der Waals surface area contributed by atoms with Gasteiger partial charge in [0.1, 0.15) is 5.78 Å². The molecule has 5 nitrogen and oxygen atoms in total. The third-order valence-corrected chi connectivity index (χ3v) is 11.3. The summed E-state index contributed by atoms with van der Waals surface area (Å²) in [6.07, 6.45) is 5.79. The molecule has 6 fully saturated rings. The number of hydrogen-bond acceptors (Lipinski definition) is 5. The van der Waals surface area contributed by atoms with Crippen molar-refractivity contribution in [1.82, 2.24) is 0 Å². The summed E-state index contributed by atoms with van der Waals surface area (Å²) in [7, 11) is 0. The molecule has 0 saturated heterocycles. The molecule has 11 unspecified atom stereocenters. The molecule has 0 aromatic rings. The summed E-state index contributed by atoms with van der Waals surface area (Å²) in [6.45, 7) is 11.1. The van der Waals surface area contributed by atoms with Crippen molar-refractivity contribution in [1.29, 1.82) is 0 Å². The first-order chi connectivity index (χ1) is 15.0. The van der Waals surface area contributed by atoms with Crippen LogP contribution < -0.4 is 0 Å². The fraction of sp³-hybridized carbons (Fsp3) is 0.926. The Morgan fingerprint density at radius 1 is 1.12 bits per heavy atom. The van der Waals surface area contributed by atoms with Crippen LogP contribution in [-0.4, -0.2) is 40.3 Å². The van der Waals surface area contributed by atoms with E-state index in [1.165, 1.54) is 6.42 Å². The normalized spacial score (nSPS) is 56.3. The fourth-order valence-corrected chi connectivity index (χ4v) is 9.70. The van der Waals surface area contributed by atoms with Crippen molar-refractivity contribution < 1.29 is 24.5 Å². The quantitative estimate of drug-likeness (QED) is 0.627. The topological polar surface area (TPSA) is 83.8 Å². The zero-order valence-electron chi connectivity index (χ0n) is 20.5. The van der Waals surface area contributed by atoms with Crippen LogP contribution in [0.25, 0.3) is 0 Å². The van der Waals surface area contributed by atoms with Gasteiger partial charge in [-0.25, -0.2) is 0 Å². The second kappa shape index (κ2) is 7.28. The van der Waals surface area contributed by atoms with Crippen LogP contribution in [0.2, 0.25) is 0 Å². The van der Waals surface area contributed by atoms with E-state index < -0.39 is 5.60 Å². The van der Waals surface area contributed by atoms with Gasteiger partial charge in [0.2, 0.25) is 0 Å². The van der Waals surface area contributed by atoms with Gasteiger partial charge >= 0.3 is 5.97 Å². The summed E-state index contributed by atoms with van der Waals surface area (Å²) in [4.78, 5) is 22.4. The molecule has 6 saturated carbocycles. The lowest BCUT2D eigenvalue weighted by Gasteiger charge is -2.63. The molecule has 0 spiro atoms. The Hall–Kier alpha value is -0.940. The number of carbonyl (C=O) groups is 2. The molecule has 5 heteroatoms. The van der Waals surface area contributed by atoms with Crippen molar-refractivity contribution in [3.05, 3.63) is 0 Å². The van der Waals surface area contributed by atoms with Crippen LogP contribution in [0.15, 0.2) is 0 Å². The number of ether oxygens (including phenoxy) is 1. The van der Waals surface area contributed by atoms with Gasteiger partial charge in [-0.3, -0.25) is 9.59 Å². The number of aliphatic hydroxyl groups is 2. The SMILES string of the molecule is CCOC(=O)CC.C[C@@H]1C2C3C4C5CC5C(O)C4(C)CCC3C3(C)CCC(=O)CC3(O)C21. The van der Waals surface area contributed by atoms with E-state index in [1.54, 1.807) is 13.8 Å². The molecule has 0 bridgehead atoms. The molecular formula is C27H42O5. The van der Waals surface area contributed by atoms with Crippen molar-refractivity contribution in [3.8, 4) is 0 Å². The van der Waals surface area contributed by atoms with Gasteiger partial charge in [0.05, 0.1) is 18.3 Å². The van der Waals surface area contributed by atoms with Gasteiger partial charge in [-0.05, 0) is 85.4 Å². The van der Waals surface area contributed by atoms with Crippen molar-refractivity contribution in [2.75, 3.05) is 6.61 Å². The van der Waals surface area contributed by atoms with Gasteiger partial charge in [-0.15, -0.1) is 0 Å². The van der Waals surface area contributed by atoms with E-state index in [9.17, 15) is 19.8 Å². The van der Waals surface area contributed by atoms with Crippen molar-refractivity contribution in [2.45, 2.75) is 91.3 Å². The molecule has 6 rings (SSSR count). The smallest absolute Gasteiger partial charge is 0.305 e. The van der Waals surface area contributed by atoms with Crippen LogP contribution in [0, 0.1) is 58.2 Å². The van der Waals surface area contributed by atoms with E-state index in [0.717, 1.165) is 25.2 Å². The Morgan fingerprint density at radius 3 is 2.47 bits per heavy atom. The van der Waals surface area contributed by atoms with E-state index in [-0.39, 0.29) is 28.7 Å². The summed E-state index contributed by atoms with van der Waals surface area (Å²) >= 11 is 0. The first-order valence-corrected chi connectivity index (χ1v) is 13.1. The number of fused-ring (bicyclic) bond motifs is 10. The zero-order valence-corrected chi connectivity index (χ0v) is 20.5. The molecule has 12 atom stereocenters. The largest absolute Gasteiger partial charge is 0.466 e. The lowest BCUT2D eigenvalue weighted by molar-refractivity contribution is -0.214. The lowest BCUT2D eigenvalue weighted by atomic mass is 9.43. The molecule has 0 aromatic carbocycles. The number of hydrogen-bond donors (Lipinski definition) is 2. The summed E-state index contributed by atoms with van der Waals surface area (Å²) in [5, 5.41) is 22.7. The van der Waals surface area contributed by atoms with Crippen molar-refractivity contribution >= 4 is 11.8 Å². The van der Waals surface area contributed by atoms with Gasteiger partial charge in [0, 0.05) is 24.7 Å². The van der Waals surface area contributed by atoms with Crippen molar-refractivity contribution in [2.24, 2.45) is 58.2 Å². The summed E-state index contributed by atoms with van der Waals surface area (Å²) in [5.41, 5.74) is -0.754. The Bertz CT molecular complexity index is 810. The van der Waals surface area contributed by atoms with Crippen LogP contribution in [0.1, 0.15) is 79.6 Å². The van der Waals surface area contributed by atoms with E-state index in [2.05, 4.69) is 25.5 Å². The predicted molar refractivity (Wildman–Crippen MR) is 120 cm³/mol. The Kier molecular flexibility index (Phi) is 5.19. The standard InChI is InChI=1S/C22H32O3.C5H10O2/c1-10-15-16-14(5-6-20(2)18(16)12-8-13(12)19(20)24)21(3)7-4-11(23)9-22(21,25)17(10)15;1-3-5(6)7-4-2/h10,12-19,24-25H,4-9H2,1-3H3;3-4H2,1-2H3/t10-,12?,13?,14?,15?,16?,17?,18?,19?,20?,21?,22?;/m1./s1. The summed E-state index contributed by atoms with van der Waals surface area (Å²) < 4.78 is 4.55. The number of ketones is 1. The minimum absolute atomic E-state index is 0.0995. The number of aliphatic hydroxyl groups excluding tert-OH is 1. The van der Waals surface area contributed by atoms with Crippen LogP contribution in [-0.2, 0) is 14.3 Å². The molecule has 6 aliphatic carbocycles. The first-order valence-electron chi connectivity index (χ1n) is 13.1. The monoisotopic (exact) mass is 446 g/mol. The van der Waals surface area contributed by atoms with E-state index in [4.69, 9.17) is 0 Å². The van der Waals surface area contributed by atoms with Crippen LogP contribution in [0.4, 0.5) is 0 Å². The average Bonchev–Trinajstić information content (AvgIpc) is 3.64. The number of rotatable bonds is 2. The van der Waals surface area contributed by atoms with Crippen LogP contribution >= 0.6 is 0 Å². The zero-order chi connectivity index (χ0) is 23.2. The summed E-state index contributed by atoms with van der Waals surface area (Å²) in [6, 6.07) is 0. The molecule has 2 N–H and O–H groups in total. The number of esters is 1. The highest BCUT2D eigenvalue weighted by Gasteiger charge is 2.80. The molecule has 32 heavy (non-hydrogen) atoms. The average molecular weight is 447 g/mol. The second-order valence-corrected chi connectivity index (χ2v) is 12.4. The van der Waals surface area contributed by atoms with Gasteiger partial charge in [0.15, 0.2) is 0 Å². The van der Waals surface area contributed by atoms with Gasteiger partial charge in [-0.2, -0.15) is 0 Å². The second-order valence-electron chi connectivity index (χ2n) is 12.4. The number of carbonyl (C=O) groups excluding carboxylic acids is 2. The Morgan fingerprint density at radius 2 is 1.84 bits per heavy atom. The molecule has 180 valence electrons. The lowest BCUT2D eigenvalue weighted by Crippen LogP contribution is -2.64.